The minimum atomic E-state index is -1.20. The number of carbonyl (C=O) groups is 3. The molecule has 0 spiro atoms. The van der Waals surface area contributed by atoms with Crippen LogP contribution in [0.3, 0.4) is 0 Å². The lowest BCUT2D eigenvalue weighted by Gasteiger charge is -2.35. The molecule has 176 valence electrons. The van der Waals surface area contributed by atoms with Gasteiger partial charge in [-0.05, 0) is 42.0 Å². The van der Waals surface area contributed by atoms with E-state index in [1.54, 1.807) is 13.8 Å². The number of benzene rings is 2. The van der Waals surface area contributed by atoms with Gasteiger partial charge in [0.05, 0.1) is 5.41 Å². The smallest absolute Gasteiger partial charge is 0.407 e. The van der Waals surface area contributed by atoms with Gasteiger partial charge in [0.15, 0.2) is 6.61 Å². The van der Waals surface area contributed by atoms with Crippen LogP contribution in [-0.4, -0.2) is 42.3 Å². The predicted octanol–water partition coefficient (Wildman–Crippen LogP) is 3.71. The SMILES string of the molecule is CC(C)C(NC(=O)OCC1c2ccccc2-c2ccccc21)C(C)(C)C(=O)NOCC(=O)O. The van der Waals surface area contributed by atoms with Crippen molar-refractivity contribution >= 4 is 18.0 Å². The molecule has 0 aromatic heterocycles. The zero-order chi connectivity index (χ0) is 24.2. The van der Waals surface area contributed by atoms with E-state index in [1.807, 2.05) is 50.2 Å². The van der Waals surface area contributed by atoms with Crippen molar-refractivity contribution in [3.8, 4) is 11.1 Å². The molecule has 0 bridgehead atoms. The average Bonchev–Trinajstić information content (AvgIpc) is 3.09. The molecular formula is C25H30N2O6. The Morgan fingerprint density at radius 2 is 1.55 bits per heavy atom. The van der Waals surface area contributed by atoms with Crippen molar-refractivity contribution < 1.29 is 29.1 Å². The molecule has 0 saturated carbocycles. The first-order valence-electron chi connectivity index (χ1n) is 10.9. The molecule has 2 aromatic carbocycles. The van der Waals surface area contributed by atoms with E-state index in [2.05, 4.69) is 22.9 Å². The van der Waals surface area contributed by atoms with Gasteiger partial charge < -0.3 is 15.2 Å². The first-order chi connectivity index (χ1) is 15.6. The standard InChI is InChI=1S/C25H30N2O6/c1-15(2)22(25(3,4)23(30)27-33-14-21(28)29)26-24(31)32-13-20-18-11-7-5-9-16(18)17-10-6-8-12-19(17)20/h5-12,15,20,22H,13-14H2,1-4H3,(H,26,31)(H,27,30)(H,28,29). The van der Waals surface area contributed by atoms with Crippen LogP contribution in [0.15, 0.2) is 48.5 Å². The Morgan fingerprint density at radius 1 is 1.00 bits per heavy atom. The zero-order valence-corrected chi connectivity index (χ0v) is 19.3. The number of carboxylic acid groups (broad SMARTS) is 1. The summed E-state index contributed by atoms with van der Waals surface area (Å²) in [5.41, 5.74) is 5.57. The van der Waals surface area contributed by atoms with Crippen LogP contribution in [-0.2, 0) is 19.2 Å². The molecule has 8 heteroatoms. The number of hydroxylamine groups is 1. The Kier molecular flexibility index (Phi) is 7.38. The molecule has 0 aliphatic heterocycles. The maximum atomic E-state index is 12.7. The van der Waals surface area contributed by atoms with Crippen LogP contribution in [0.5, 0.6) is 0 Å². The lowest BCUT2D eigenvalue weighted by molar-refractivity contribution is -0.153. The van der Waals surface area contributed by atoms with Gasteiger partial charge in [0.25, 0.3) is 5.91 Å². The largest absolute Gasteiger partial charge is 0.479 e. The zero-order valence-electron chi connectivity index (χ0n) is 19.3. The van der Waals surface area contributed by atoms with Crippen LogP contribution in [0, 0.1) is 11.3 Å². The van der Waals surface area contributed by atoms with Gasteiger partial charge in [-0.2, -0.15) is 0 Å². The molecule has 2 amide bonds. The highest BCUT2D eigenvalue weighted by atomic mass is 16.7. The van der Waals surface area contributed by atoms with E-state index in [4.69, 9.17) is 14.7 Å². The Hall–Kier alpha value is -3.39. The molecule has 33 heavy (non-hydrogen) atoms. The highest BCUT2D eigenvalue weighted by molar-refractivity contribution is 5.83. The third-order valence-electron chi connectivity index (χ3n) is 6.01. The van der Waals surface area contributed by atoms with Gasteiger partial charge in [0.1, 0.15) is 6.61 Å². The maximum absolute atomic E-state index is 12.7. The fraction of sp³-hybridized carbons (Fsp3) is 0.400. The predicted molar refractivity (Wildman–Crippen MR) is 122 cm³/mol. The number of carboxylic acids is 1. The van der Waals surface area contributed by atoms with Crippen LogP contribution in [0.1, 0.15) is 44.7 Å². The molecular weight excluding hydrogens is 424 g/mol. The van der Waals surface area contributed by atoms with E-state index in [0.29, 0.717) is 0 Å². The summed E-state index contributed by atoms with van der Waals surface area (Å²) in [6.45, 7) is 6.57. The molecule has 1 aliphatic carbocycles. The number of amides is 2. The van der Waals surface area contributed by atoms with Crippen molar-refractivity contribution in [2.75, 3.05) is 13.2 Å². The molecule has 3 N–H and O–H groups in total. The molecule has 1 aliphatic rings. The quantitative estimate of drug-likeness (QED) is 0.498. The lowest BCUT2D eigenvalue weighted by Crippen LogP contribution is -2.55. The van der Waals surface area contributed by atoms with Gasteiger partial charge in [-0.1, -0.05) is 62.4 Å². The van der Waals surface area contributed by atoms with Crippen molar-refractivity contribution in [2.45, 2.75) is 39.7 Å². The third kappa shape index (κ3) is 5.34. The Labute approximate surface area is 193 Å². The number of ether oxygens (including phenoxy) is 1. The summed E-state index contributed by atoms with van der Waals surface area (Å²) in [7, 11) is 0. The Bertz CT molecular complexity index is 988. The molecule has 0 heterocycles. The highest BCUT2D eigenvalue weighted by Crippen LogP contribution is 2.44. The van der Waals surface area contributed by atoms with Crippen molar-refractivity contribution in [1.29, 1.82) is 0 Å². The van der Waals surface area contributed by atoms with Gasteiger partial charge >= 0.3 is 12.1 Å². The first kappa shape index (κ1) is 24.3. The van der Waals surface area contributed by atoms with Crippen molar-refractivity contribution in [2.24, 2.45) is 11.3 Å². The number of aliphatic carboxylic acids is 1. The summed E-state index contributed by atoms with van der Waals surface area (Å²) in [6, 6.07) is 15.6. The van der Waals surface area contributed by atoms with Crippen molar-refractivity contribution in [3.05, 3.63) is 59.7 Å². The second-order valence-corrected chi connectivity index (χ2v) is 9.03. The molecule has 0 fully saturated rings. The van der Waals surface area contributed by atoms with Crippen LogP contribution >= 0.6 is 0 Å². The molecule has 3 rings (SSSR count). The second kappa shape index (κ2) is 10.0. The minimum Gasteiger partial charge on any atom is -0.479 e. The summed E-state index contributed by atoms with van der Waals surface area (Å²) in [5.74, 6) is -1.92. The van der Waals surface area contributed by atoms with Gasteiger partial charge in [-0.25, -0.2) is 15.1 Å². The summed E-state index contributed by atoms with van der Waals surface area (Å²) in [5, 5.41) is 11.5. The summed E-state index contributed by atoms with van der Waals surface area (Å²) >= 11 is 0. The van der Waals surface area contributed by atoms with E-state index in [-0.39, 0.29) is 18.4 Å². The van der Waals surface area contributed by atoms with Crippen LogP contribution in [0.25, 0.3) is 11.1 Å². The number of fused-ring (bicyclic) bond motifs is 3. The van der Waals surface area contributed by atoms with E-state index in [9.17, 15) is 14.4 Å². The first-order valence-corrected chi connectivity index (χ1v) is 10.9. The van der Waals surface area contributed by atoms with E-state index >= 15 is 0 Å². The number of carbonyl (C=O) groups excluding carboxylic acids is 2. The highest BCUT2D eigenvalue weighted by Gasteiger charge is 2.40. The van der Waals surface area contributed by atoms with E-state index < -0.39 is 36.0 Å². The minimum absolute atomic E-state index is 0.0682. The molecule has 0 radical (unpaired) electrons. The Balaban J connectivity index is 1.66. The number of nitrogens with one attached hydrogen (secondary N) is 2. The van der Waals surface area contributed by atoms with Crippen molar-refractivity contribution in [1.82, 2.24) is 10.8 Å². The second-order valence-electron chi connectivity index (χ2n) is 9.03. The Morgan fingerprint density at radius 3 is 2.06 bits per heavy atom. The van der Waals surface area contributed by atoms with Gasteiger partial charge in [-0.3, -0.25) is 9.63 Å². The van der Waals surface area contributed by atoms with Crippen molar-refractivity contribution in [3.63, 3.8) is 0 Å². The maximum Gasteiger partial charge on any atom is 0.407 e. The summed E-state index contributed by atoms with van der Waals surface area (Å²) in [6.07, 6.45) is -0.622. The number of hydrogen-bond acceptors (Lipinski definition) is 5. The number of hydrogen-bond donors (Lipinski definition) is 3. The summed E-state index contributed by atoms with van der Waals surface area (Å²) < 4.78 is 5.62. The number of rotatable bonds is 9. The van der Waals surface area contributed by atoms with Gasteiger partial charge in [0, 0.05) is 12.0 Å². The molecule has 2 aromatic rings. The fourth-order valence-corrected chi connectivity index (χ4v) is 4.38. The van der Waals surface area contributed by atoms with E-state index in [1.165, 1.54) is 0 Å². The average molecular weight is 455 g/mol. The van der Waals surface area contributed by atoms with Crippen LogP contribution in [0.2, 0.25) is 0 Å². The third-order valence-corrected chi connectivity index (χ3v) is 6.01. The van der Waals surface area contributed by atoms with Crippen LogP contribution in [0.4, 0.5) is 4.79 Å². The lowest BCUT2D eigenvalue weighted by atomic mass is 9.78. The van der Waals surface area contributed by atoms with Gasteiger partial charge in [-0.15, -0.1) is 0 Å². The van der Waals surface area contributed by atoms with E-state index in [0.717, 1.165) is 22.3 Å². The number of alkyl carbamates (subject to hydrolysis) is 1. The van der Waals surface area contributed by atoms with Crippen LogP contribution < -0.4 is 10.8 Å². The normalized spacial score (nSPS) is 13.7. The monoisotopic (exact) mass is 454 g/mol. The molecule has 1 atom stereocenters. The summed E-state index contributed by atoms with van der Waals surface area (Å²) in [4.78, 5) is 40.7. The van der Waals surface area contributed by atoms with Gasteiger partial charge in [0.2, 0.25) is 0 Å². The molecule has 8 nitrogen and oxygen atoms in total. The topological polar surface area (TPSA) is 114 Å². The molecule has 0 saturated heterocycles. The molecule has 1 unspecified atom stereocenters. The fourth-order valence-electron chi connectivity index (χ4n) is 4.38.